The summed E-state index contributed by atoms with van der Waals surface area (Å²) in [5, 5.41) is 7.23. The van der Waals surface area contributed by atoms with Gasteiger partial charge in [0.2, 0.25) is 0 Å². The molecule has 0 amide bonds. The van der Waals surface area contributed by atoms with E-state index < -0.39 is 0 Å². The van der Waals surface area contributed by atoms with E-state index in [0.717, 1.165) is 28.8 Å². The first-order valence-corrected chi connectivity index (χ1v) is 6.63. The van der Waals surface area contributed by atoms with Gasteiger partial charge in [0.05, 0.1) is 11.3 Å². The fourth-order valence-electron chi connectivity index (χ4n) is 2.43. The molecule has 20 heavy (non-hydrogen) atoms. The number of anilines is 1. The molecule has 0 bridgehead atoms. The van der Waals surface area contributed by atoms with Crippen LogP contribution in [0.15, 0.2) is 48.8 Å². The van der Waals surface area contributed by atoms with Crippen LogP contribution in [0.5, 0.6) is 0 Å². The molecule has 0 radical (unpaired) electrons. The van der Waals surface area contributed by atoms with Crippen LogP contribution in [0.4, 0.5) is 5.82 Å². The Balaban J connectivity index is 2.22. The Hall–Kier alpha value is -2.62. The molecule has 0 aliphatic carbocycles. The van der Waals surface area contributed by atoms with Gasteiger partial charge >= 0.3 is 0 Å². The molecule has 0 unspecified atom stereocenters. The van der Waals surface area contributed by atoms with Crippen LogP contribution in [0.1, 0.15) is 12.5 Å². The van der Waals surface area contributed by atoms with Gasteiger partial charge < -0.3 is 5.73 Å². The zero-order chi connectivity index (χ0) is 13.9. The number of hydrogen-bond donors (Lipinski definition) is 2. The lowest BCUT2D eigenvalue weighted by molar-refractivity contribution is 1.09. The van der Waals surface area contributed by atoms with Crippen molar-refractivity contribution in [1.82, 2.24) is 15.2 Å². The molecule has 3 N–H and O–H groups in total. The number of nitrogens with two attached hydrogens (primary N) is 1. The van der Waals surface area contributed by atoms with Crippen LogP contribution in [-0.2, 0) is 6.42 Å². The molecule has 4 nitrogen and oxygen atoms in total. The quantitative estimate of drug-likeness (QED) is 0.762. The van der Waals surface area contributed by atoms with Gasteiger partial charge in [0.1, 0.15) is 0 Å². The van der Waals surface area contributed by atoms with Gasteiger partial charge in [-0.2, -0.15) is 5.10 Å². The summed E-state index contributed by atoms with van der Waals surface area (Å²) in [4.78, 5) is 4.16. The molecule has 2 heterocycles. The van der Waals surface area contributed by atoms with Gasteiger partial charge in [0.25, 0.3) is 0 Å². The van der Waals surface area contributed by atoms with Crippen molar-refractivity contribution in [2.24, 2.45) is 0 Å². The van der Waals surface area contributed by atoms with E-state index in [1.807, 2.05) is 24.3 Å². The molecular formula is C16H16N4. The summed E-state index contributed by atoms with van der Waals surface area (Å²) in [7, 11) is 0. The van der Waals surface area contributed by atoms with Crippen molar-refractivity contribution in [3.05, 3.63) is 54.4 Å². The number of aromatic amines is 1. The molecule has 3 rings (SSSR count). The second kappa shape index (κ2) is 5.17. The summed E-state index contributed by atoms with van der Waals surface area (Å²) in [6.45, 7) is 2.14. The van der Waals surface area contributed by atoms with Gasteiger partial charge in [-0.15, -0.1) is 0 Å². The van der Waals surface area contributed by atoms with E-state index in [2.05, 4.69) is 34.2 Å². The van der Waals surface area contributed by atoms with Gasteiger partial charge in [-0.25, -0.2) is 0 Å². The Morgan fingerprint density at radius 3 is 2.75 bits per heavy atom. The molecule has 0 spiro atoms. The van der Waals surface area contributed by atoms with Crippen molar-refractivity contribution in [2.75, 3.05) is 5.73 Å². The molecule has 0 atom stereocenters. The van der Waals surface area contributed by atoms with E-state index >= 15 is 0 Å². The number of H-pyrrole nitrogens is 1. The highest BCUT2D eigenvalue weighted by Gasteiger charge is 2.16. The van der Waals surface area contributed by atoms with Crippen molar-refractivity contribution < 1.29 is 0 Å². The van der Waals surface area contributed by atoms with Gasteiger partial charge in [0.15, 0.2) is 5.82 Å². The highest BCUT2D eigenvalue weighted by atomic mass is 15.2. The minimum atomic E-state index is 0.499. The Morgan fingerprint density at radius 2 is 2.00 bits per heavy atom. The lowest BCUT2D eigenvalue weighted by Gasteiger charge is -2.08. The van der Waals surface area contributed by atoms with Gasteiger partial charge in [-0.3, -0.25) is 10.1 Å². The Bertz CT molecular complexity index is 716. The molecule has 0 saturated carbocycles. The largest absolute Gasteiger partial charge is 0.382 e. The molecule has 0 aliphatic rings. The summed E-state index contributed by atoms with van der Waals surface area (Å²) in [5.74, 6) is 0.499. The molecule has 100 valence electrons. The number of nitrogens with zero attached hydrogens (tertiary/aromatic N) is 2. The minimum absolute atomic E-state index is 0.499. The van der Waals surface area contributed by atoms with E-state index in [9.17, 15) is 0 Å². The predicted octanol–water partition coefficient (Wildman–Crippen LogP) is 3.28. The first-order chi connectivity index (χ1) is 9.81. The van der Waals surface area contributed by atoms with Crippen LogP contribution in [-0.4, -0.2) is 15.2 Å². The lowest BCUT2D eigenvalue weighted by atomic mass is 9.97. The molecule has 0 fully saturated rings. The number of nitrogen functional groups attached to an aromatic ring is 1. The summed E-state index contributed by atoms with van der Waals surface area (Å²) >= 11 is 0. The van der Waals surface area contributed by atoms with E-state index in [4.69, 9.17) is 5.73 Å². The van der Waals surface area contributed by atoms with E-state index in [1.54, 1.807) is 12.4 Å². The average Bonchev–Trinajstić information content (AvgIpc) is 2.89. The topological polar surface area (TPSA) is 67.6 Å². The van der Waals surface area contributed by atoms with Crippen molar-refractivity contribution in [3.63, 3.8) is 0 Å². The van der Waals surface area contributed by atoms with Gasteiger partial charge in [0, 0.05) is 23.5 Å². The van der Waals surface area contributed by atoms with E-state index in [-0.39, 0.29) is 0 Å². The smallest absolute Gasteiger partial charge is 0.153 e. The second-order valence-corrected chi connectivity index (χ2v) is 4.61. The normalized spacial score (nSPS) is 10.7. The third kappa shape index (κ3) is 2.05. The molecular weight excluding hydrogens is 248 g/mol. The number of hydrogen-bond acceptors (Lipinski definition) is 3. The monoisotopic (exact) mass is 264 g/mol. The maximum Gasteiger partial charge on any atom is 0.153 e. The third-order valence-corrected chi connectivity index (χ3v) is 3.41. The first kappa shape index (κ1) is 12.4. The first-order valence-electron chi connectivity index (χ1n) is 6.63. The maximum atomic E-state index is 6.03. The lowest BCUT2D eigenvalue weighted by Crippen LogP contribution is -1.91. The number of aryl methyl sites for hydroxylation is 1. The fraction of sp³-hybridized carbons (Fsp3) is 0.125. The van der Waals surface area contributed by atoms with E-state index in [1.165, 1.54) is 5.56 Å². The van der Waals surface area contributed by atoms with Gasteiger partial charge in [-0.1, -0.05) is 37.3 Å². The van der Waals surface area contributed by atoms with Crippen molar-refractivity contribution >= 4 is 5.82 Å². The van der Waals surface area contributed by atoms with Crippen LogP contribution >= 0.6 is 0 Å². The van der Waals surface area contributed by atoms with Gasteiger partial charge in [-0.05, 0) is 18.1 Å². The highest BCUT2D eigenvalue weighted by molar-refractivity contribution is 5.88. The highest BCUT2D eigenvalue weighted by Crippen LogP contribution is 2.35. The number of nitrogens with one attached hydrogen (secondary N) is 1. The molecule has 0 aliphatic heterocycles. The van der Waals surface area contributed by atoms with Crippen LogP contribution in [0.25, 0.3) is 22.4 Å². The number of rotatable bonds is 3. The molecule has 1 aromatic carbocycles. The Kier molecular flexibility index (Phi) is 3.21. The number of pyridine rings is 1. The zero-order valence-corrected chi connectivity index (χ0v) is 11.3. The molecule has 3 aromatic rings. The summed E-state index contributed by atoms with van der Waals surface area (Å²) in [5.41, 5.74) is 11.3. The third-order valence-electron chi connectivity index (χ3n) is 3.41. The predicted molar refractivity (Wildman–Crippen MR) is 81.0 cm³/mol. The fourth-order valence-corrected chi connectivity index (χ4v) is 2.43. The van der Waals surface area contributed by atoms with Crippen molar-refractivity contribution in [3.8, 4) is 22.4 Å². The number of aromatic nitrogens is 3. The van der Waals surface area contributed by atoms with Crippen LogP contribution in [0.2, 0.25) is 0 Å². The Morgan fingerprint density at radius 1 is 1.15 bits per heavy atom. The summed E-state index contributed by atoms with van der Waals surface area (Å²) in [6.07, 6.45) is 4.51. The summed E-state index contributed by atoms with van der Waals surface area (Å²) < 4.78 is 0. The SMILES string of the molecule is CCc1ccccc1-c1[nH]nc(N)c1-c1cccnc1. The minimum Gasteiger partial charge on any atom is -0.382 e. The van der Waals surface area contributed by atoms with Crippen LogP contribution < -0.4 is 5.73 Å². The van der Waals surface area contributed by atoms with Crippen molar-refractivity contribution in [2.45, 2.75) is 13.3 Å². The Labute approximate surface area is 117 Å². The van der Waals surface area contributed by atoms with E-state index in [0.29, 0.717) is 5.82 Å². The van der Waals surface area contributed by atoms with Crippen LogP contribution in [0, 0.1) is 0 Å². The second-order valence-electron chi connectivity index (χ2n) is 4.61. The van der Waals surface area contributed by atoms with Crippen LogP contribution in [0.3, 0.4) is 0 Å². The molecule has 4 heteroatoms. The average molecular weight is 264 g/mol. The summed E-state index contributed by atoms with van der Waals surface area (Å²) in [6, 6.07) is 12.2. The molecule has 2 aromatic heterocycles. The van der Waals surface area contributed by atoms with Crippen molar-refractivity contribution in [1.29, 1.82) is 0 Å². The maximum absolute atomic E-state index is 6.03. The number of benzene rings is 1. The standard InChI is InChI=1S/C16H16N4/c1-2-11-6-3-4-8-13(11)15-14(16(17)20-19-15)12-7-5-9-18-10-12/h3-10H,2H2,1H3,(H3,17,19,20). The zero-order valence-electron chi connectivity index (χ0n) is 11.3. The molecule has 0 saturated heterocycles.